The van der Waals surface area contributed by atoms with E-state index < -0.39 is 5.97 Å². The topological polar surface area (TPSA) is 58.4 Å². The van der Waals surface area contributed by atoms with Gasteiger partial charge in [0.2, 0.25) is 0 Å². The minimum Gasteiger partial charge on any atom is -0.476 e. The van der Waals surface area contributed by atoms with Gasteiger partial charge in [-0.3, -0.25) is 4.68 Å². The van der Waals surface area contributed by atoms with Crippen LogP contribution in [0.4, 0.5) is 5.69 Å². The first kappa shape index (κ1) is 14.6. The SMILES string of the molecule is CC(C)n1nc(C(=O)O)cc1CN1CCCc2ccccc21. The lowest BCUT2D eigenvalue weighted by molar-refractivity contribution is 0.0689. The largest absolute Gasteiger partial charge is 0.476 e. The number of rotatable bonds is 4. The van der Waals surface area contributed by atoms with Crippen molar-refractivity contribution in [1.29, 1.82) is 0 Å². The molecular formula is C17H21N3O2. The van der Waals surface area contributed by atoms with E-state index in [1.54, 1.807) is 6.07 Å². The minimum absolute atomic E-state index is 0.119. The lowest BCUT2D eigenvalue weighted by atomic mass is 10.0. The van der Waals surface area contributed by atoms with Crippen LogP contribution in [0.15, 0.2) is 30.3 Å². The summed E-state index contributed by atoms with van der Waals surface area (Å²) < 4.78 is 1.82. The molecule has 0 saturated carbocycles. The summed E-state index contributed by atoms with van der Waals surface area (Å²) in [5.41, 5.74) is 3.68. The first-order chi connectivity index (χ1) is 10.6. The van der Waals surface area contributed by atoms with Crippen molar-refractivity contribution in [2.24, 2.45) is 0 Å². The van der Waals surface area contributed by atoms with E-state index in [4.69, 9.17) is 0 Å². The summed E-state index contributed by atoms with van der Waals surface area (Å²) >= 11 is 0. The van der Waals surface area contributed by atoms with Crippen LogP contribution >= 0.6 is 0 Å². The zero-order chi connectivity index (χ0) is 15.7. The summed E-state index contributed by atoms with van der Waals surface area (Å²) in [6.45, 7) is 5.72. The third-order valence-electron chi connectivity index (χ3n) is 4.08. The number of carbonyl (C=O) groups is 1. The fraction of sp³-hybridized carbons (Fsp3) is 0.412. The molecule has 2 aromatic rings. The van der Waals surface area contributed by atoms with E-state index in [1.807, 2.05) is 18.5 Å². The molecule has 22 heavy (non-hydrogen) atoms. The van der Waals surface area contributed by atoms with Gasteiger partial charge in [0, 0.05) is 18.3 Å². The Balaban J connectivity index is 1.92. The van der Waals surface area contributed by atoms with Gasteiger partial charge in [0.15, 0.2) is 5.69 Å². The van der Waals surface area contributed by atoms with Crippen molar-refractivity contribution in [3.05, 3.63) is 47.3 Å². The van der Waals surface area contributed by atoms with Crippen LogP contribution in [-0.4, -0.2) is 27.4 Å². The van der Waals surface area contributed by atoms with Crippen LogP contribution in [0.5, 0.6) is 0 Å². The van der Waals surface area contributed by atoms with E-state index in [1.165, 1.54) is 11.3 Å². The zero-order valence-corrected chi connectivity index (χ0v) is 13.0. The molecule has 5 nitrogen and oxygen atoms in total. The van der Waals surface area contributed by atoms with Gasteiger partial charge >= 0.3 is 5.97 Å². The Morgan fingerprint density at radius 3 is 2.86 bits per heavy atom. The van der Waals surface area contributed by atoms with Crippen LogP contribution < -0.4 is 4.90 Å². The molecule has 1 aliphatic heterocycles. The van der Waals surface area contributed by atoms with Crippen molar-refractivity contribution in [3.63, 3.8) is 0 Å². The number of para-hydroxylation sites is 1. The van der Waals surface area contributed by atoms with Crippen LogP contribution in [0.1, 0.15) is 48.1 Å². The van der Waals surface area contributed by atoms with Crippen molar-refractivity contribution in [3.8, 4) is 0 Å². The molecule has 1 N–H and O–H groups in total. The van der Waals surface area contributed by atoms with Gasteiger partial charge in [0.25, 0.3) is 0 Å². The average Bonchev–Trinajstić information content (AvgIpc) is 2.92. The number of aromatic nitrogens is 2. The fourth-order valence-electron chi connectivity index (χ4n) is 3.07. The van der Waals surface area contributed by atoms with Crippen molar-refractivity contribution < 1.29 is 9.90 Å². The van der Waals surface area contributed by atoms with Gasteiger partial charge in [-0.15, -0.1) is 0 Å². The second-order valence-electron chi connectivity index (χ2n) is 6.02. The minimum atomic E-state index is -0.973. The molecule has 1 aromatic carbocycles. The normalized spacial score (nSPS) is 14.2. The summed E-state index contributed by atoms with van der Waals surface area (Å²) in [6.07, 6.45) is 2.23. The highest BCUT2D eigenvalue weighted by Crippen LogP contribution is 2.28. The molecule has 0 bridgehead atoms. The number of fused-ring (bicyclic) bond motifs is 1. The molecule has 0 amide bonds. The molecule has 3 rings (SSSR count). The number of carboxylic acid groups (broad SMARTS) is 1. The van der Waals surface area contributed by atoms with Crippen LogP contribution in [0.2, 0.25) is 0 Å². The number of nitrogens with zero attached hydrogens (tertiary/aromatic N) is 3. The average molecular weight is 299 g/mol. The second-order valence-corrected chi connectivity index (χ2v) is 6.02. The van der Waals surface area contributed by atoms with E-state index in [-0.39, 0.29) is 11.7 Å². The van der Waals surface area contributed by atoms with E-state index >= 15 is 0 Å². The van der Waals surface area contributed by atoms with Crippen molar-refractivity contribution in [1.82, 2.24) is 9.78 Å². The second kappa shape index (κ2) is 5.83. The number of anilines is 1. The van der Waals surface area contributed by atoms with Gasteiger partial charge in [-0.2, -0.15) is 5.10 Å². The lowest BCUT2D eigenvalue weighted by Crippen LogP contribution is -2.30. The predicted octanol–water partition coefficient (Wildman–Crippen LogP) is 3.12. The smallest absolute Gasteiger partial charge is 0.356 e. The van der Waals surface area contributed by atoms with Gasteiger partial charge < -0.3 is 10.0 Å². The molecule has 0 fully saturated rings. The van der Waals surface area contributed by atoms with Crippen molar-refractivity contribution in [2.75, 3.05) is 11.4 Å². The van der Waals surface area contributed by atoms with Crippen molar-refractivity contribution >= 4 is 11.7 Å². The highest BCUT2D eigenvalue weighted by molar-refractivity contribution is 5.85. The molecule has 0 atom stereocenters. The highest BCUT2D eigenvalue weighted by atomic mass is 16.4. The molecular weight excluding hydrogens is 278 g/mol. The first-order valence-corrected chi connectivity index (χ1v) is 7.71. The Bertz CT molecular complexity index is 691. The Morgan fingerprint density at radius 1 is 1.36 bits per heavy atom. The number of carboxylic acids is 1. The third kappa shape index (κ3) is 2.71. The van der Waals surface area contributed by atoms with Gasteiger partial charge in [-0.25, -0.2) is 4.79 Å². The molecule has 0 spiro atoms. The number of aromatic carboxylic acids is 1. The number of hydrogen-bond donors (Lipinski definition) is 1. The van der Waals surface area contributed by atoms with E-state index in [0.717, 1.165) is 25.1 Å². The maximum Gasteiger partial charge on any atom is 0.356 e. The summed E-state index contributed by atoms with van der Waals surface area (Å²) in [6, 6.07) is 10.3. The van der Waals surface area contributed by atoms with Crippen LogP contribution in [0.25, 0.3) is 0 Å². The lowest BCUT2D eigenvalue weighted by Gasteiger charge is -2.31. The zero-order valence-electron chi connectivity index (χ0n) is 13.0. The van der Waals surface area contributed by atoms with Gasteiger partial charge in [-0.05, 0) is 44.4 Å². The van der Waals surface area contributed by atoms with E-state index in [0.29, 0.717) is 6.54 Å². The molecule has 0 aliphatic carbocycles. The standard InChI is InChI=1S/C17H21N3O2/c1-12(2)20-14(10-15(18-20)17(21)22)11-19-9-5-7-13-6-3-4-8-16(13)19/h3-4,6,8,10,12H,5,7,9,11H2,1-2H3,(H,21,22). The Hall–Kier alpha value is -2.30. The molecule has 1 aromatic heterocycles. The highest BCUT2D eigenvalue weighted by Gasteiger charge is 2.21. The monoisotopic (exact) mass is 299 g/mol. The number of aryl methyl sites for hydroxylation is 1. The third-order valence-corrected chi connectivity index (χ3v) is 4.08. The molecule has 116 valence electrons. The fourth-order valence-corrected chi connectivity index (χ4v) is 3.07. The van der Waals surface area contributed by atoms with Gasteiger partial charge in [0.1, 0.15) is 0 Å². The number of hydrogen-bond acceptors (Lipinski definition) is 3. The van der Waals surface area contributed by atoms with Gasteiger partial charge in [0.05, 0.1) is 12.2 Å². The molecule has 0 saturated heterocycles. The Labute approximate surface area is 130 Å². The quantitative estimate of drug-likeness (QED) is 0.942. The maximum absolute atomic E-state index is 11.2. The van der Waals surface area contributed by atoms with Crippen LogP contribution in [-0.2, 0) is 13.0 Å². The van der Waals surface area contributed by atoms with E-state index in [9.17, 15) is 9.90 Å². The summed E-state index contributed by atoms with van der Waals surface area (Å²) in [7, 11) is 0. The van der Waals surface area contributed by atoms with Crippen LogP contribution in [0.3, 0.4) is 0 Å². The molecule has 5 heteroatoms. The Morgan fingerprint density at radius 2 is 2.14 bits per heavy atom. The van der Waals surface area contributed by atoms with E-state index in [2.05, 4.69) is 34.3 Å². The van der Waals surface area contributed by atoms with Crippen LogP contribution in [0, 0.1) is 0 Å². The maximum atomic E-state index is 11.2. The molecule has 1 aliphatic rings. The molecule has 0 radical (unpaired) electrons. The van der Waals surface area contributed by atoms with Gasteiger partial charge in [-0.1, -0.05) is 18.2 Å². The summed E-state index contributed by atoms with van der Waals surface area (Å²) in [4.78, 5) is 13.5. The number of benzene rings is 1. The summed E-state index contributed by atoms with van der Waals surface area (Å²) in [5, 5.41) is 13.4. The van der Waals surface area contributed by atoms with Crippen molar-refractivity contribution in [2.45, 2.75) is 39.3 Å². The summed E-state index contributed by atoms with van der Waals surface area (Å²) in [5.74, 6) is -0.973. The molecule has 2 heterocycles. The first-order valence-electron chi connectivity index (χ1n) is 7.71. The molecule has 0 unspecified atom stereocenters. The predicted molar refractivity (Wildman–Crippen MR) is 85.4 cm³/mol. The Kier molecular flexibility index (Phi) is 3.88.